The van der Waals surface area contributed by atoms with Crippen molar-refractivity contribution in [3.05, 3.63) is 35.4 Å². The summed E-state index contributed by atoms with van der Waals surface area (Å²) in [4.78, 5) is 25.9. The molecule has 0 saturated carbocycles. The van der Waals surface area contributed by atoms with E-state index in [-0.39, 0.29) is 5.91 Å². The van der Waals surface area contributed by atoms with E-state index in [1.54, 1.807) is 13.0 Å². The summed E-state index contributed by atoms with van der Waals surface area (Å²) in [7, 11) is 0. The van der Waals surface area contributed by atoms with Crippen molar-refractivity contribution in [1.29, 1.82) is 0 Å². The molecule has 0 spiro atoms. The molecule has 0 radical (unpaired) electrons. The maximum Gasteiger partial charge on any atom is 0.330 e. The summed E-state index contributed by atoms with van der Waals surface area (Å²) in [6.45, 7) is 5.51. The number of anilines is 1. The van der Waals surface area contributed by atoms with Gasteiger partial charge in [0.2, 0.25) is 5.91 Å². The monoisotopic (exact) mass is 286 g/mol. The number of hydrogen-bond acceptors (Lipinski definition) is 3. The molecule has 1 aromatic carbocycles. The fourth-order valence-electron chi connectivity index (χ4n) is 2.12. The minimum Gasteiger partial charge on any atom is -0.463 e. The zero-order valence-corrected chi connectivity index (χ0v) is 12.3. The Bertz CT molecular complexity index is 714. The average Bonchev–Trinajstić information content (AvgIpc) is 2.72. The molecule has 0 aliphatic carbocycles. The van der Waals surface area contributed by atoms with Gasteiger partial charge in [-0.25, -0.2) is 4.79 Å². The maximum absolute atomic E-state index is 11.5. The van der Waals surface area contributed by atoms with E-state index in [1.165, 1.54) is 13.0 Å². The predicted molar refractivity (Wildman–Crippen MR) is 83.0 cm³/mol. The number of rotatable bonds is 4. The summed E-state index contributed by atoms with van der Waals surface area (Å²) in [5.41, 5.74) is 2.77. The van der Waals surface area contributed by atoms with Crippen molar-refractivity contribution in [3.8, 4) is 0 Å². The van der Waals surface area contributed by atoms with E-state index in [0.29, 0.717) is 12.4 Å². The minimum atomic E-state index is -0.410. The van der Waals surface area contributed by atoms with Gasteiger partial charge in [0.1, 0.15) is 5.82 Å². The summed E-state index contributed by atoms with van der Waals surface area (Å²) in [5, 5.41) is 3.68. The first kappa shape index (κ1) is 14.8. The number of carbonyl (C=O) groups is 2. The molecular weight excluding hydrogens is 268 g/mol. The van der Waals surface area contributed by atoms with Gasteiger partial charge < -0.3 is 15.0 Å². The Morgan fingerprint density at radius 1 is 1.38 bits per heavy atom. The highest BCUT2D eigenvalue weighted by Gasteiger charge is 2.11. The summed E-state index contributed by atoms with van der Waals surface area (Å²) in [6.07, 6.45) is 3.01. The first-order valence-electron chi connectivity index (χ1n) is 6.76. The molecule has 0 saturated heterocycles. The molecule has 0 fully saturated rings. The first-order valence-corrected chi connectivity index (χ1v) is 6.76. The van der Waals surface area contributed by atoms with Crippen LogP contribution in [0.5, 0.6) is 0 Å². The van der Waals surface area contributed by atoms with Crippen molar-refractivity contribution in [1.82, 2.24) is 4.98 Å². The zero-order valence-electron chi connectivity index (χ0n) is 12.3. The smallest absolute Gasteiger partial charge is 0.330 e. The van der Waals surface area contributed by atoms with Crippen molar-refractivity contribution >= 4 is 34.7 Å². The highest BCUT2D eigenvalue weighted by atomic mass is 16.5. The minimum absolute atomic E-state index is 0.177. The Balaban J connectivity index is 2.47. The van der Waals surface area contributed by atoms with Gasteiger partial charge >= 0.3 is 5.97 Å². The lowest BCUT2D eigenvalue weighted by molar-refractivity contribution is -0.137. The van der Waals surface area contributed by atoms with Crippen molar-refractivity contribution in [2.24, 2.45) is 0 Å². The Hall–Kier alpha value is -2.56. The highest BCUT2D eigenvalue weighted by molar-refractivity contribution is 6.02. The number of aromatic amines is 1. The molecule has 0 bridgehead atoms. The van der Waals surface area contributed by atoms with Crippen LogP contribution in [0.15, 0.2) is 24.3 Å². The average molecular weight is 286 g/mol. The van der Waals surface area contributed by atoms with Crippen LogP contribution in [0.1, 0.15) is 25.0 Å². The fourth-order valence-corrected chi connectivity index (χ4v) is 2.12. The molecule has 1 amide bonds. The highest BCUT2D eigenvalue weighted by Crippen LogP contribution is 2.28. The number of hydrogen-bond donors (Lipinski definition) is 2. The molecule has 1 aromatic heterocycles. The Morgan fingerprint density at radius 3 is 2.81 bits per heavy atom. The van der Waals surface area contributed by atoms with Crippen LogP contribution in [0.4, 0.5) is 5.82 Å². The van der Waals surface area contributed by atoms with Gasteiger partial charge in [-0.15, -0.1) is 0 Å². The molecule has 0 aliphatic rings. The van der Waals surface area contributed by atoms with Crippen molar-refractivity contribution < 1.29 is 14.3 Å². The van der Waals surface area contributed by atoms with E-state index in [0.717, 1.165) is 22.0 Å². The number of carbonyl (C=O) groups excluding carboxylic acids is 2. The lowest BCUT2D eigenvalue weighted by Gasteiger charge is -2.01. The van der Waals surface area contributed by atoms with E-state index in [1.807, 2.05) is 25.1 Å². The number of H-pyrrole nitrogens is 1. The van der Waals surface area contributed by atoms with Gasteiger partial charge in [0.05, 0.1) is 6.61 Å². The molecule has 2 aromatic rings. The molecule has 0 aliphatic heterocycles. The number of fused-ring (bicyclic) bond motifs is 1. The molecule has 2 N–H and O–H groups in total. The molecular formula is C16H18N2O3. The van der Waals surface area contributed by atoms with Crippen molar-refractivity contribution in [2.75, 3.05) is 11.9 Å². The number of benzene rings is 1. The third-order valence-corrected chi connectivity index (χ3v) is 2.97. The van der Waals surface area contributed by atoms with Gasteiger partial charge in [-0.1, -0.05) is 12.1 Å². The predicted octanol–water partition coefficient (Wildman–Crippen LogP) is 3.01. The number of amides is 1. The van der Waals surface area contributed by atoms with Crippen LogP contribution >= 0.6 is 0 Å². The van der Waals surface area contributed by atoms with Gasteiger partial charge in [-0.05, 0) is 31.6 Å². The topological polar surface area (TPSA) is 71.2 Å². The van der Waals surface area contributed by atoms with Gasteiger partial charge in [-0.3, -0.25) is 4.79 Å². The van der Waals surface area contributed by atoms with Crippen LogP contribution in [0.25, 0.3) is 17.0 Å². The summed E-state index contributed by atoms with van der Waals surface area (Å²) < 4.78 is 4.87. The molecule has 110 valence electrons. The SMILES string of the molecule is CCOC(=O)C=Cc1c(NC(C)=O)[nH]c2cc(C)ccc12. The number of ether oxygens (including phenoxy) is 1. The van der Waals surface area contributed by atoms with Gasteiger partial charge in [0.25, 0.3) is 0 Å². The van der Waals surface area contributed by atoms with E-state index in [9.17, 15) is 9.59 Å². The van der Waals surface area contributed by atoms with Crippen LogP contribution < -0.4 is 5.32 Å². The normalized spacial score (nSPS) is 11.0. The molecule has 5 heteroatoms. The molecule has 5 nitrogen and oxygen atoms in total. The maximum atomic E-state index is 11.5. The number of esters is 1. The lowest BCUT2D eigenvalue weighted by atomic mass is 10.1. The number of aryl methyl sites for hydroxylation is 1. The second-order valence-corrected chi connectivity index (χ2v) is 4.73. The van der Waals surface area contributed by atoms with E-state index in [4.69, 9.17) is 4.74 Å². The Labute approximate surface area is 123 Å². The molecule has 1 heterocycles. The molecule has 21 heavy (non-hydrogen) atoms. The summed E-state index contributed by atoms with van der Waals surface area (Å²) >= 11 is 0. The standard InChI is InChI=1S/C16H18N2O3/c1-4-21-15(20)8-7-13-12-6-5-10(2)9-14(12)18-16(13)17-11(3)19/h5-9,18H,4H2,1-3H3,(H,17,19). The van der Waals surface area contributed by atoms with Crippen molar-refractivity contribution in [3.63, 3.8) is 0 Å². The van der Waals surface area contributed by atoms with Crippen LogP contribution in [-0.2, 0) is 14.3 Å². The van der Waals surface area contributed by atoms with Crippen LogP contribution in [0, 0.1) is 6.92 Å². The Morgan fingerprint density at radius 2 is 2.14 bits per heavy atom. The second-order valence-electron chi connectivity index (χ2n) is 4.73. The molecule has 0 atom stereocenters. The van der Waals surface area contributed by atoms with Crippen molar-refractivity contribution in [2.45, 2.75) is 20.8 Å². The second kappa shape index (κ2) is 6.26. The largest absolute Gasteiger partial charge is 0.463 e. The quantitative estimate of drug-likeness (QED) is 0.670. The van der Waals surface area contributed by atoms with Gasteiger partial charge in [0, 0.05) is 29.5 Å². The lowest BCUT2D eigenvalue weighted by Crippen LogP contribution is -2.07. The summed E-state index contributed by atoms with van der Waals surface area (Å²) in [5.74, 6) is -0.0135. The van der Waals surface area contributed by atoms with E-state index in [2.05, 4.69) is 10.3 Å². The first-order chi connectivity index (χ1) is 10.0. The molecule has 0 unspecified atom stereocenters. The van der Waals surface area contributed by atoms with E-state index >= 15 is 0 Å². The third-order valence-electron chi connectivity index (χ3n) is 2.97. The zero-order chi connectivity index (χ0) is 15.4. The molecule has 2 rings (SSSR count). The van der Waals surface area contributed by atoms with Crippen LogP contribution in [-0.4, -0.2) is 23.5 Å². The van der Waals surface area contributed by atoms with Gasteiger partial charge in [0.15, 0.2) is 0 Å². The van der Waals surface area contributed by atoms with E-state index < -0.39 is 5.97 Å². The van der Waals surface area contributed by atoms with Crippen LogP contribution in [0.3, 0.4) is 0 Å². The van der Waals surface area contributed by atoms with Gasteiger partial charge in [-0.2, -0.15) is 0 Å². The summed E-state index contributed by atoms with van der Waals surface area (Å²) in [6, 6.07) is 5.93. The number of aromatic nitrogens is 1. The number of nitrogens with one attached hydrogen (secondary N) is 2. The third kappa shape index (κ3) is 3.51. The van der Waals surface area contributed by atoms with Crippen LogP contribution in [0.2, 0.25) is 0 Å². The fraction of sp³-hybridized carbons (Fsp3) is 0.250. The Kier molecular flexibility index (Phi) is 4.42.